The van der Waals surface area contributed by atoms with Crippen molar-refractivity contribution in [1.29, 1.82) is 5.26 Å². The summed E-state index contributed by atoms with van der Waals surface area (Å²) in [5, 5.41) is 22.5. The fourth-order valence-corrected chi connectivity index (χ4v) is 4.04. The third kappa shape index (κ3) is 1.90. The average Bonchev–Trinajstić information content (AvgIpc) is 2.77. The van der Waals surface area contributed by atoms with Crippen LogP contribution in [0.1, 0.15) is 49.5 Å². The average molecular weight is 249 g/mol. The number of rotatable bonds is 2. The molecule has 0 bridgehead atoms. The van der Waals surface area contributed by atoms with Crippen molar-refractivity contribution >= 4 is 11.3 Å². The van der Waals surface area contributed by atoms with Crippen LogP contribution >= 0.6 is 11.3 Å². The van der Waals surface area contributed by atoms with Crippen LogP contribution in [0.3, 0.4) is 0 Å². The van der Waals surface area contributed by atoms with E-state index in [-0.39, 0.29) is 0 Å². The van der Waals surface area contributed by atoms with E-state index in [1.165, 1.54) is 6.42 Å². The van der Waals surface area contributed by atoms with Crippen LogP contribution in [0.5, 0.6) is 0 Å². The maximum atomic E-state index is 10.9. The summed E-state index contributed by atoms with van der Waals surface area (Å²) in [6, 6.07) is 4.45. The van der Waals surface area contributed by atoms with E-state index in [4.69, 9.17) is 0 Å². The Morgan fingerprint density at radius 1 is 1.41 bits per heavy atom. The molecule has 0 aliphatic heterocycles. The molecule has 0 aromatic carbocycles. The molecule has 1 aliphatic carbocycles. The second-order valence-electron chi connectivity index (χ2n) is 5.26. The maximum absolute atomic E-state index is 10.9. The Hall–Kier alpha value is -0.850. The first-order valence-electron chi connectivity index (χ1n) is 6.22. The molecule has 0 radical (unpaired) electrons. The van der Waals surface area contributed by atoms with Crippen molar-refractivity contribution in [2.24, 2.45) is 5.41 Å². The van der Waals surface area contributed by atoms with Crippen molar-refractivity contribution in [3.63, 3.8) is 0 Å². The van der Waals surface area contributed by atoms with Gasteiger partial charge in [0.2, 0.25) is 0 Å². The molecule has 1 aromatic heterocycles. The van der Waals surface area contributed by atoms with Gasteiger partial charge in [-0.3, -0.25) is 0 Å². The highest BCUT2D eigenvalue weighted by atomic mass is 32.1. The van der Waals surface area contributed by atoms with Crippen molar-refractivity contribution < 1.29 is 5.11 Å². The molecule has 92 valence electrons. The molecule has 1 N–H and O–H groups in total. The molecule has 2 rings (SSSR count). The first-order valence-corrected chi connectivity index (χ1v) is 7.10. The van der Waals surface area contributed by atoms with E-state index in [9.17, 15) is 10.4 Å². The number of hydrogen-bond donors (Lipinski definition) is 1. The summed E-state index contributed by atoms with van der Waals surface area (Å²) in [7, 11) is 0. The van der Waals surface area contributed by atoms with Gasteiger partial charge < -0.3 is 5.11 Å². The highest BCUT2D eigenvalue weighted by Gasteiger charge is 2.50. The fourth-order valence-electron chi connectivity index (χ4n) is 2.95. The number of hydrogen-bond acceptors (Lipinski definition) is 3. The van der Waals surface area contributed by atoms with Gasteiger partial charge in [0.15, 0.2) is 0 Å². The minimum Gasteiger partial charge on any atom is -0.383 e. The molecule has 17 heavy (non-hydrogen) atoms. The van der Waals surface area contributed by atoms with Gasteiger partial charge in [-0.25, -0.2) is 0 Å². The number of nitrogens with zero attached hydrogens (tertiary/aromatic N) is 1. The van der Waals surface area contributed by atoms with Crippen LogP contribution < -0.4 is 0 Å². The molecule has 1 atom stereocenters. The van der Waals surface area contributed by atoms with Gasteiger partial charge in [-0.15, -0.1) is 11.3 Å². The molecule has 1 saturated carbocycles. The lowest BCUT2D eigenvalue weighted by Gasteiger charge is -2.42. The topological polar surface area (TPSA) is 44.0 Å². The van der Waals surface area contributed by atoms with E-state index in [0.29, 0.717) is 0 Å². The van der Waals surface area contributed by atoms with Gasteiger partial charge in [-0.05, 0) is 43.7 Å². The van der Waals surface area contributed by atoms with Gasteiger partial charge in [0.25, 0.3) is 0 Å². The van der Waals surface area contributed by atoms with E-state index in [2.05, 4.69) is 6.07 Å². The van der Waals surface area contributed by atoms with Crippen LogP contribution in [-0.2, 0) is 5.60 Å². The van der Waals surface area contributed by atoms with E-state index in [1.54, 1.807) is 11.3 Å². The zero-order chi connectivity index (χ0) is 12.5. The predicted octanol–water partition coefficient (Wildman–Crippen LogP) is 3.74. The maximum Gasteiger partial charge on any atom is 0.115 e. The standard InChI is InChI=1S/C14H19NOS/c1-11-6-9-17-12(11)13(2,16)14(10-15)7-4-3-5-8-14/h6,9,16H,3-5,7-8H2,1-2H3. The molecular formula is C14H19NOS. The molecule has 0 amide bonds. The third-order valence-electron chi connectivity index (χ3n) is 4.16. The summed E-state index contributed by atoms with van der Waals surface area (Å²) in [6.07, 6.45) is 4.91. The molecule has 2 nitrogen and oxygen atoms in total. The van der Waals surface area contributed by atoms with Crippen LogP contribution in [0.25, 0.3) is 0 Å². The van der Waals surface area contributed by atoms with Crippen LogP contribution in [-0.4, -0.2) is 5.11 Å². The van der Waals surface area contributed by atoms with E-state index < -0.39 is 11.0 Å². The van der Waals surface area contributed by atoms with Crippen molar-refractivity contribution in [2.75, 3.05) is 0 Å². The molecule has 1 heterocycles. The zero-order valence-corrected chi connectivity index (χ0v) is 11.3. The minimum absolute atomic E-state index is 0.596. The van der Waals surface area contributed by atoms with Crippen molar-refractivity contribution in [1.82, 2.24) is 0 Å². The van der Waals surface area contributed by atoms with Crippen molar-refractivity contribution in [3.05, 3.63) is 21.9 Å². The number of nitriles is 1. The smallest absolute Gasteiger partial charge is 0.115 e. The Labute approximate surface area is 107 Å². The summed E-state index contributed by atoms with van der Waals surface area (Å²) in [5.74, 6) is 0. The van der Waals surface area contributed by atoms with E-state index in [1.807, 2.05) is 25.3 Å². The van der Waals surface area contributed by atoms with Crippen LogP contribution in [0, 0.1) is 23.7 Å². The minimum atomic E-state index is -1.01. The summed E-state index contributed by atoms with van der Waals surface area (Å²) >= 11 is 1.56. The number of aryl methyl sites for hydroxylation is 1. The zero-order valence-electron chi connectivity index (χ0n) is 10.5. The lowest BCUT2D eigenvalue weighted by atomic mass is 9.64. The van der Waals surface area contributed by atoms with E-state index in [0.717, 1.165) is 36.1 Å². The highest BCUT2D eigenvalue weighted by Crippen LogP contribution is 2.51. The highest BCUT2D eigenvalue weighted by molar-refractivity contribution is 7.10. The van der Waals surface area contributed by atoms with E-state index >= 15 is 0 Å². The molecule has 1 aromatic rings. The van der Waals surface area contributed by atoms with Crippen LogP contribution in [0.15, 0.2) is 11.4 Å². The van der Waals surface area contributed by atoms with Gasteiger partial charge in [0.1, 0.15) is 5.60 Å². The summed E-state index contributed by atoms with van der Waals surface area (Å²) in [6.45, 7) is 3.83. The summed E-state index contributed by atoms with van der Waals surface area (Å²) in [4.78, 5) is 0.959. The van der Waals surface area contributed by atoms with Crippen molar-refractivity contribution in [2.45, 2.75) is 51.6 Å². The molecule has 1 aliphatic rings. The molecule has 1 fully saturated rings. The Morgan fingerprint density at radius 3 is 2.53 bits per heavy atom. The monoisotopic (exact) mass is 249 g/mol. The molecule has 0 spiro atoms. The second kappa shape index (κ2) is 4.44. The molecule has 1 unspecified atom stereocenters. The van der Waals surface area contributed by atoms with Crippen LogP contribution in [0.2, 0.25) is 0 Å². The number of aliphatic hydroxyl groups is 1. The predicted molar refractivity (Wildman–Crippen MR) is 69.8 cm³/mol. The SMILES string of the molecule is Cc1ccsc1C(C)(O)C1(C#N)CCCCC1. The van der Waals surface area contributed by atoms with Gasteiger partial charge in [0, 0.05) is 4.88 Å². The van der Waals surface area contributed by atoms with Gasteiger partial charge in [-0.1, -0.05) is 19.3 Å². The molecule has 3 heteroatoms. The fraction of sp³-hybridized carbons (Fsp3) is 0.643. The first-order chi connectivity index (χ1) is 8.03. The normalized spacial score (nSPS) is 22.7. The lowest BCUT2D eigenvalue weighted by molar-refractivity contribution is -0.0609. The quantitative estimate of drug-likeness (QED) is 0.867. The first kappa shape index (κ1) is 12.6. The Kier molecular flexibility index (Phi) is 3.29. The van der Waals surface area contributed by atoms with Gasteiger partial charge >= 0.3 is 0 Å². The van der Waals surface area contributed by atoms with Crippen molar-refractivity contribution in [3.8, 4) is 6.07 Å². The third-order valence-corrected chi connectivity index (χ3v) is 5.38. The second-order valence-corrected chi connectivity index (χ2v) is 6.18. The largest absolute Gasteiger partial charge is 0.383 e. The Balaban J connectivity index is 2.43. The molecular weight excluding hydrogens is 230 g/mol. The molecule has 0 saturated heterocycles. The lowest BCUT2D eigenvalue weighted by Crippen LogP contribution is -2.43. The van der Waals surface area contributed by atoms with Gasteiger partial charge in [-0.2, -0.15) is 5.26 Å². The van der Waals surface area contributed by atoms with Crippen LogP contribution in [0.4, 0.5) is 0 Å². The summed E-state index contributed by atoms with van der Waals surface area (Å²) in [5.41, 5.74) is -0.512. The Bertz CT molecular complexity index is 435. The van der Waals surface area contributed by atoms with Gasteiger partial charge in [0.05, 0.1) is 11.5 Å². The Morgan fingerprint density at radius 2 is 2.06 bits per heavy atom. The summed E-state index contributed by atoms with van der Waals surface area (Å²) < 4.78 is 0. The number of thiophene rings is 1.